The van der Waals surface area contributed by atoms with Gasteiger partial charge in [-0.15, -0.1) is 0 Å². The zero-order chi connectivity index (χ0) is 15.1. The lowest BCUT2D eigenvalue weighted by atomic mass is 10.1. The molecule has 1 aromatic rings. The predicted octanol–water partition coefficient (Wildman–Crippen LogP) is 2.16. The number of carbonyl (C=O) groups excluding carboxylic acids is 3. The van der Waals surface area contributed by atoms with Gasteiger partial charge in [0.2, 0.25) is 0 Å². The number of hydrogen-bond donors (Lipinski definition) is 1. The van der Waals surface area contributed by atoms with Gasteiger partial charge >= 0.3 is 11.9 Å². The molecular weight excluding hydrogens is 262 g/mol. The van der Waals surface area contributed by atoms with E-state index in [4.69, 9.17) is 9.47 Å². The van der Waals surface area contributed by atoms with Crippen LogP contribution in [-0.4, -0.2) is 29.8 Å². The van der Waals surface area contributed by atoms with Crippen molar-refractivity contribution < 1.29 is 23.9 Å². The number of carbonyl (C=O) groups is 3. The van der Waals surface area contributed by atoms with E-state index in [2.05, 4.69) is 4.98 Å². The lowest BCUT2D eigenvalue weighted by Crippen LogP contribution is -2.08. The smallest absolute Gasteiger partial charge is 0.355 e. The van der Waals surface area contributed by atoms with Gasteiger partial charge in [-0.05, 0) is 18.9 Å². The summed E-state index contributed by atoms with van der Waals surface area (Å²) < 4.78 is 9.93. The monoisotopic (exact) mass is 281 g/mol. The molecule has 1 rings (SSSR count). The standard InChI is InChI=1S/C14H19NO5/c1-4-5-6-19-14(18)13-9(2)11(7-16)12(15-13)8-20-10(3)17/h7,15H,4-6,8H2,1-3H3. The molecule has 6 heteroatoms. The SMILES string of the molecule is CCCCOC(=O)c1[nH]c(COC(C)=O)c(C=O)c1C. The summed E-state index contributed by atoms with van der Waals surface area (Å²) in [6.45, 7) is 5.18. The highest BCUT2D eigenvalue weighted by atomic mass is 16.5. The van der Waals surface area contributed by atoms with E-state index in [0.717, 1.165) is 12.8 Å². The number of ether oxygens (including phenoxy) is 2. The van der Waals surface area contributed by atoms with Gasteiger partial charge in [-0.2, -0.15) is 0 Å². The molecule has 1 aromatic heterocycles. The Morgan fingerprint density at radius 1 is 1.30 bits per heavy atom. The van der Waals surface area contributed by atoms with E-state index in [1.54, 1.807) is 6.92 Å². The predicted molar refractivity (Wildman–Crippen MR) is 71.6 cm³/mol. The Morgan fingerprint density at radius 2 is 2.00 bits per heavy atom. The van der Waals surface area contributed by atoms with Crippen LogP contribution >= 0.6 is 0 Å². The molecule has 0 bridgehead atoms. The first-order valence-electron chi connectivity index (χ1n) is 6.48. The van der Waals surface area contributed by atoms with E-state index in [1.807, 2.05) is 6.92 Å². The summed E-state index contributed by atoms with van der Waals surface area (Å²) >= 11 is 0. The van der Waals surface area contributed by atoms with Crippen LogP contribution in [0.4, 0.5) is 0 Å². The van der Waals surface area contributed by atoms with Gasteiger partial charge in [-0.25, -0.2) is 4.79 Å². The molecule has 0 aliphatic carbocycles. The Morgan fingerprint density at radius 3 is 2.55 bits per heavy atom. The zero-order valence-electron chi connectivity index (χ0n) is 11.9. The second kappa shape index (κ2) is 7.47. The zero-order valence-corrected chi connectivity index (χ0v) is 11.9. The molecule has 0 amide bonds. The van der Waals surface area contributed by atoms with Gasteiger partial charge < -0.3 is 14.5 Å². The van der Waals surface area contributed by atoms with Crippen LogP contribution in [0, 0.1) is 6.92 Å². The van der Waals surface area contributed by atoms with Crippen molar-refractivity contribution in [3.05, 3.63) is 22.5 Å². The van der Waals surface area contributed by atoms with Crippen molar-refractivity contribution in [3.8, 4) is 0 Å². The molecule has 6 nitrogen and oxygen atoms in total. The molecule has 0 radical (unpaired) electrons. The van der Waals surface area contributed by atoms with Crippen LogP contribution in [0.2, 0.25) is 0 Å². The minimum Gasteiger partial charge on any atom is -0.461 e. The van der Waals surface area contributed by atoms with Crippen LogP contribution in [0.1, 0.15) is 58.8 Å². The van der Waals surface area contributed by atoms with E-state index in [1.165, 1.54) is 6.92 Å². The van der Waals surface area contributed by atoms with E-state index < -0.39 is 11.9 Å². The molecule has 1 heterocycles. The minimum absolute atomic E-state index is 0.0769. The van der Waals surface area contributed by atoms with Gasteiger partial charge in [-0.1, -0.05) is 13.3 Å². The highest BCUT2D eigenvalue weighted by Gasteiger charge is 2.20. The third-order valence-corrected chi connectivity index (χ3v) is 2.85. The molecule has 0 atom stereocenters. The molecule has 0 spiro atoms. The molecule has 20 heavy (non-hydrogen) atoms. The van der Waals surface area contributed by atoms with Crippen molar-refractivity contribution in [2.75, 3.05) is 6.61 Å². The molecule has 0 saturated carbocycles. The van der Waals surface area contributed by atoms with Gasteiger partial charge in [0.1, 0.15) is 12.3 Å². The summed E-state index contributed by atoms with van der Waals surface area (Å²) in [7, 11) is 0. The van der Waals surface area contributed by atoms with Crippen molar-refractivity contribution in [3.63, 3.8) is 0 Å². The fourth-order valence-electron chi connectivity index (χ4n) is 1.71. The molecule has 0 aromatic carbocycles. The van der Waals surface area contributed by atoms with Gasteiger partial charge in [0, 0.05) is 12.5 Å². The summed E-state index contributed by atoms with van der Waals surface area (Å²) in [5, 5.41) is 0. The van der Waals surface area contributed by atoms with Crippen LogP contribution in [-0.2, 0) is 20.9 Å². The molecule has 110 valence electrons. The van der Waals surface area contributed by atoms with Crippen molar-refractivity contribution >= 4 is 18.2 Å². The number of rotatable bonds is 7. The van der Waals surface area contributed by atoms with E-state index in [-0.39, 0.29) is 12.3 Å². The van der Waals surface area contributed by atoms with Crippen molar-refractivity contribution in [2.45, 2.75) is 40.2 Å². The Kier molecular flexibility index (Phi) is 5.96. The Labute approximate surface area is 117 Å². The van der Waals surface area contributed by atoms with Gasteiger partial charge in [-0.3, -0.25) is 9.59 Å². The van der Waals surface area contributed by atoms with Gasteiger partial charge in [0.15, 0.2) is 6.29 Å². The second-order valence-corrected chi connectivity index (χ2v) is 4.40. The second-order valence-electron chi connectivity index (χ2n) is 4.40. The number of hydrogen-bond acceptors (Lipinski definition) is 5. The van der Waals surface area contributed by atoms with Crippen molar-refractivity contribution in [1.82, 2.24) is 4.98 Å². The average molecular weight is 281 g/mol. The fraction of sp³-hybridized carbons (Fsp3) is 0.500. The average Bonchev–Trinajstić information content (AvgIpc) is 2.72. The molecule has 0 unspecified atom stereocenters. The highest BCUT2D eigenvalue weighted by Crippen LogP contribution is 2.18. The topological polar surface area (TPSA) is 85.5 Å². The van der Waals surface area contributed by atoms with Crippen molar-refractivity contribution in [2.24, 2.45) is 0 Å². The van der Waals surface area contributed by atoms with Crippen LogP contribution < -0.4 is 0 Å². The molecule has 0 saturated heterocycles. The Balaban J connectivity index is 2.89. The maximum Gasteiger partial charge on any atom is 0.355 e. The number of aldehydes is 1. The first-order chi connectivity index (χ1) is 9.51. The normalized spacial score (nSPS) is 10.2. The summed E-state index contributed by atoms with van der Waals surface area (Å²) in [6, 6.07) is 0. The maximum atomic E-state index is 11.9. The first kappa shape index (κ1) is 15.9. The highest BCUT2D eigenvalue weighted by molar-refractivity contribution is 5.93. The summed E-state index contributed by atoms with van der Waals surface area (Å²) in [4.78, 5) is 36.6. The molecule has 0 fully saturated rings. The minimum atomic E-state index is -0.506. The molecule has 0 aliphatic heterocycles. The number of unbranched alkanes of at least 4 members (excludes halogenated alkanes) is 1. The van der Waals surface area contributed by atoms with Gasteiger partial charge in [0.05, 0.1) is 12.3 Å². The Bertz CT molecular complexity index is 504. The molecular formula is C14H19NO5. The third kappa shape index (κ3) is 3.94. The quantitative estimate of drug-likeness (QED) is 0.470. The van der Waals surface area contributed by atoms with E-state index in [0.29, 0.717) is 29.7 Å². The number of esters is 2. The number of aromatic amines is 1. The van der Waals surface area contributed by atoms with Crippen LogP contribution in [0.5, 0.6) is 0 Å². The number of nitrogens with one attached hydrogen (secondary N) is 1. The maximum absolute atomic E-state index is 11.9. The fourth-order valence-corrected chi connectivity index (χ4v) is 1.71. The van der Waals surface area contributed by atoms with Gasteiger partial charge in [0.25, 0.3) is 0 Å². The number of aromatic nitrogens is 1. The summed E-state index contributed by atoms with van der Waals surface area (Å²) in [6.07, 6.45) is 2.34. The van der Waals surface area contributed by atoms with Crippen LogP contribution in [0.25, 0.3) is 0 Å². The summed E-state index contributed by atoms with van der Waals surface area (Å²) in [5.41, 5.74) is 1.46. The van der Waals surface area contributed by atoms with E-state index >= 15 is 0 Å². The lowest BCUT2D eigenvalue weighted by molar-refractivity contribution is -0.142. The number of H-pyrrole nitrogens is 1. The van der Waals surface area contributed by atoms with E-state index in [9.17, 15) is 14.4 Å². The Hall–Kier alpha value is -2.11. The lowest BCUT2D eigenvalue weighted by Gasteiger charge is -2.03. The first-order valence-corrected chi connectivity index (χ1v) is 6.48. The largest absolute Gasteiger partial charge is 0.461 e. The summed E-state index contributed by atoms with van der Waals surface area (Å²) in [5.74, 6) is -0.964. The third-order valence-electron chi connectivity index (χ3n) is 2.85. The van der Waals surface area contributed by atoms with Crippen LogP contribution in [0.3, 0.4) is 0 Å². The molecule has 0 aliphatic rings. The van der Waals surface area contributed by atoms with Crippen molar-refractivity contribution in [1.29, 1.82) is 0 Å². The van der Waals surface area contributed by atoms with Crippen LogP contribution in [0.15, 0.2) is 0 Å². The molecule has 1 N–H and O–H groups in total.